The first-order valence-corrected chi connectivity index (χ1v) is 21.1. The maximum Gasteiger partial charge on any atom is 0.267 e. The van der Waals surface area contributed by atoms with E-state index in [1.54, 1.807) is 6.08 Å². The van der Waals surface area contributed by atoms with E-state index < -0.39 is 28.0 Å². The maximum atomic E-state index is 12.5. The molecule has 6 nitrogen and oxygen atoms in total. The van der Waals surface area contributed by atoms with Gasteiger partial charge in [0.15, 0.2) is 0 Å². The van der Waals surface area contributed by atoms with Gasteiger partial charge in [-0.3, -0.25) is 9.35 Å². The standard InChI is InChI=1S/C41H73NO5S/c1-3-5-7-9-11-13-15-17-19-20-21-23-24-26-28-30-32-34-36-40(43)39(38-48(45,46)47)42-41(44)37-35-33-31-29-27-25-22-18-16-14-12-10-8-6-4-2/h6,8,12,14,18,22,27,29,34,36,39-40,43H,3-5,7,9-11,13,15-17,19-21,23-26,28,30-33,35,37-38H2,1-2H3,(H,42,44)(H,45,46,47)/b8-6-,14-12-,22-18-,29-27-,36-34+. The fourth-order valence-electron chi connectivity index (χ4n) is 5.56. The summed E-state index contributed by atoms with van der Waals surface area (Å²) in [6.07, 6.45) is 47.8. The third kappa shape index (κ3) is 35.3. The normalized spacial score (nSPS) is 14.0. The molecule has 3 N–H and O–H groups in total. The molecule has 278 valence electrons. The van der Waals surface area contributed by atoms with Gasteiger partial charge in [-0.05, 0) is 57.8 Å². The van der Waals surface area contributed by atoms with Crippen molar-refractivity contribution in [1.29, 1.82) is 0 Å². The van der Waals surface area contributed by atoms with E-state index in [-0.39, 0.29) is 12.3 Å². The Kier molecular flexibility index (Phi) is 33.5. The minimum absolute atomic E-state index is 0.241. The van der Waals surface area contributed by atoms with E-state index in [1.165, 1.54) is 89.9 Å². The van der Waals surface area contributed by atoms with Crippen LogP contribution in [0.1, 0.15) is 174 Å². The lowest BCUT2D eigenvalue weighted by Crippen LogP contribution is -2.46. The quantitative estimate of drug-likeness (QED) is 0.0354. The molecule has 7 heteroatoms. The summed E-state index contributed by atoms with van der Waals surface area (Å²) in [6, 6.07) is -1.08. The Balaban J connectivity index is 4.03. The van der Waals surface area contributed by atoms with Gasteiger partial charge in [0.25, 0.3) is 10.1 Å². The number of carbonyl (C=O) groups is 1. The van der Waals surface area contributed by atoms with E-state index in [9.17, 15) is 22.9 Å². The lowest BCUT2D eigenvalue weighted by Gasteiger charge is -2.21. The molecule has 0 aliphatic rings. The first kappa shape index (κ1) is 46.0. The monoisotopic (exact) mass is 692 g/mol. The SMILES string of the molecule is CC/C=C\C/C=C\C/C=C\C/C=C\CCCCC(=O)NC(CS(=O)(=O)O)C(O)/C=C/CCCCCCCCCCCCCCCCCC. The fraction of sp³-hybridized carbons (Fsp3) is 0.732. The van der Waals surface area contributed by atoms with Gasteiger partial charge in [0.2, 0.25) is 5.91 Å². The Labute approximate surface area is 296 Å². The van der Waals surface area contributed by atoms with Crippen LogP contribution in [0.5, 0.6) is 0 Å². The number of nitrogens with one attached hydrogen (secondary N) is 1. The van der Waals surface area contributed by atoms with Gasteiger partial charge in [-0.2, -0.15) is 8.42 Å². The van der Waals surface area contributed by atoms with E-state index in [0.717, 1.165) is 57.8 Å². The van der Waals surface area contributed by atoms with Crippen LogP contribution in [0.15, 0.2) is 60.8 Å². The Hall–Kier alpha value is -1.96. The van der Waals surface area contributed by atoms with Crippen molar-refractivity contribution in [2.45, 2.75) is 187 Å². The molecule has 2 unspecified atom stereocenters. The topological polar surface area (TPSA) is 104 Å². The molecule has 0 spiro atoms. The first-order valence-electron chi connectivity index (χ1n) is 19.5. The molecule has 0 aliphatic heterocycles. The van der Waals surface area contributed by atoms with Crippen molar-refractivity contribution < 1.29 is 22.9 Å². The van der Waals surface area contributed by atoms with Crippen LogP contribution in [0.25, 0.3) is 0 Å². The van der Waals surface area contributed by atoms with Crippen molar-refractivity contribution in [3.05, 3.63) is 60.8 Å². The zero-order chi connectivity index (χ0) is 35.4. The molecule has 0 aromatic carbocycles. The predicted octanol–water partition coefficient (Wildman–Crippen LogP) is 11.3. The largest absolute Gasteiger partial charge is 0.387 e. The fourth-order valence-corrected chi connectivity index (χ4v) is 6.29. The van der Waals surface area contributed by atoms with Gasteiger partial charge in [-0.1, -0.05) is 171 Å². The van der Waals surface area contributed by atoms with Crippen molar-refractivity contribution in [2.24, 2.45) is 0 Å². The van der Waals surface area contributed by atoms with E-state index >= 15 is 0 Å². The number of carbonyl (C=O) groups excluding carboxylic acids is 1. The number of aliphatic hydroxyl groups is 1. The minimum Gasteiger partial charge on any atom is -0.387 e. The average Bonchev–Trinajstić information content (AvgIpc) is 3.05. The van der Waals surface area contributed by atoms with Crippen molar-refractivity contribution in [2.75, 3.05) is 5.75 Å². The van der Waals surface area contributed by atoms with E-state index in [1.807, 2.05) is 6.08 Å². The summed E-state index contributed by atoms with van der Waals surface area (Å²) in [5, 5.41) is 13.2. The van der Waals surface area contributed by atoms with Crippen LogP contribution in [0, 0.1) is 0 Å². The molecule has 0 fully saturated rings. The summed E-state index contributed by atoms with van der Waals surface area (Å²) < 4.78 is 32.4. The molecule has 0 aliphatic carbocycles. The van der Waals surface area contributed by atoms with Gasteiger partial charge in [0, 0.05) is 6.42 Å². The Morgan fingerprint density at radius 1 is 0.583 bits per heavy atom. The van der Waals surface area contributed by atoms with Crippen molar-refractivity contribution in [3.8, 4) is 0 Å². The van der Waals surface area contributed by atoms with Crippen LogP contribution in [-0.4, -0.2) is 41.9 Å². The summed E-state index contributed by atoms with van der Waals surface area (Å²) in [5.74, 6) is -1.04. The van der Waals surface area contributed by atoms with Crippen LogP contribution in [0.4, 0.5) is 0 Å². The van der Waals surface area contributed by atoms with Crippen LogP contribution < -0.4 is 5.32 Å². The summed E-state index contributed by atoms with van der Waals surface area (Å²) >= 11 is 0. The van der Waals surface area contributed by atoms with E-state index in [0.29, 0.717) is 6.42 Å². The number of aliphatic hydroxyl groups excluding tert-OH is 1. The highest BCUT2D eigenvalue weighted by Gasteiger charge is 2.24. The predicted molar refractivity (Wildman–Crippen MR) is 207 cm³/mol. The summed E-state index contributed by atoms with van der Waals surface area (Å²) in [6.45, 7) is 4.40. The van der Waals surface area contributed by atoms with Gasteiger partial charge < -0.3 is 10.4 Å². The number of allylic oxidation sites excluding steroid dienone is 9. The van der Waals surface area contributed by atoms with Crippen LogP contribution in [-0.2, 0) is 14.9 Å². The number of unbranched alkanes of at least 4 members (excludes halogenated alkanes) is 18. The molecular weight excluding hydrogens is 619 g/mol. The number of amides is 1. The highest BCUT2D eigenvalue weighted by molar-refractivity contribution is 7.85. The van der Waals surface area contributed by atoms with Crippen LogP contribution >= 0.6 is 0 Å². The molecule has 0 bridgehead atoms. The van der Waals surface area contributed by atoms with Gasteiger partial charge in [-0.25, -0.2) is 0 Å². The Bertz CT molecular complexity index is 983. The Morgan fingerprint density at radius 3 is 1.48 bits per heavy atom. The zero-order valence-electron chi connectivity index (χ0n) is 30.8. The second-order valence-electron chi connectivity index (χ2n) is 13.2. The lowest BCUT2D eigenvalue weighted by atomic mass is 10.0. The number of hydrogen-bond acceptors (Lipinski definition) is 4. The summed E-state index contributed by atoms with van der Waals surface area (Å²) in [5.41, 5.74) is 0. The molecule has 2 atom stereocenters. The van der Waals surface area contributed by atoms with Crippen molar-refractivity contribution in [1.82, 2.24) is 5.32 Å². The lowest BCUT2D eigenvalue weighted by molar-refractivity contribution is -0.122. The highest BCUT2D eigenvalue weighted by atomic mass is 32.2. The molecule has 0 heterocycles. The van der Waals surface area contributed by atoms with Gasteiger partial charge in [0.1, 0.15) is 0 Å². The highest BCUT2D eigenvalue weighted by Crippen LogP contribution is 2.14. The summed E-state index contributed by atoms with van der Waals surface area (Å²) in [4.78, 5) is 12.5. The van der Waals surface area contributed by atoms with E-state index in [4.69, 9.17) is 0 Å². The van der Waals surface area contributed by atoms with Crippen molar-refractivity contribution >= 4 is 16.0 Å². The molecule has 0 saturated carbocycles. The zero-order valence-corrected chi connectivity index (χ0v) is 31.7. The van der Waals surface area contributed by atoms with Gasteiger partial charge in [0.05, 0.1) is 17.9 Å². The second kappa shape index (κ2) is 34.9. The summed E-state index contributed by atoms with van der Waals surface area (Å²) in [7, 11) is -4.36. The number of rotatable bonds is 34. The van der Waals surface area contributed by atoms with Crippen molar-refractivity contribution in [3.63, 3.8) is 0 Å². The number of hydrogen-bond donors (Lipinski definition) is 3. The first-order chi connectivity index (χ1) is 23.3. The Morgan fingerprint density at radius 2 is 1.00 bits per heavy atom. The molecule has 48 heavy (non-hydrogen) atoms. The van der Waals surface area contributed by atoms with Crippen LogP contribution in [0.2, 0.25) is 0 Å². The molecular formula is C41H73NO5S. The third-order valence-electron chi connectivity index (χ3n) is 8.45. The van der Waals surface area contributed by atoms with Gasteiger partial charge in [-0.15, -0.1) is 0 Å². The molecule has 0 aromatic heterocycles. The average molecular weight is 692 g/mol. The molecule has 0 saturated heterocycles. The molecule has 0 radical (unpaired) electrons. The molecule has 1 amide bonds. The molecule has 0 rings (SSSR count). The minimum atomic E-state index is -4.36. The molecule has 0 aromatic rings. The van der Waals surface area contributed by atoms with Crippen LogP contribution in [0.3, 0.4) is 0 Å². The maximum absolute atomic E-state index is 12.5. The van der Waals surface area contributed by atoms with E-state index in [2.05, 4.69) is 67.8 Å². The smallest absolute Gasteiger partial charge is 0.267 e. The third-order valence-corrected chi connectivity index (χ3v) is 9.23. The second-order valence-corrected chi connectivity index (χ2v) is 14.7. The van der Waals surface area contributed by atoms with Gasteiger partial charge >= 0.3 is 0 Å².